The number of nitrogens with two attached hydrogens (primary N) is 1. The molecule has 0 saturated carbocycles. The van der Waals surface area contributed by atoms with Crippen molar-refractivity contribution in [2.75, 3.05) is 19.6 Å². The summed E-state index contributed by atoms with van der Waals surface area (Å²) < 4.78 is 0. The van der Waals surface area contributed by atoms with Gasteiger partial charge in [-0.15, -0.1) is 5.92 Å². The van der Waals surface area contributed by atoms with Gasteiger partial charge in [-0.25, -0.2) is 0 Å². The van der Waals surface area contributed by atoms with Gasteiger partial charge in [0.15, 0.2) is 0 Å². The van der Waals surface area contributed by atoms with Gasteiger partial charge in [-0.05, 0) is 31.8 Å². The molecule has 1 aliphatic heterocycles. The summed E-state index contributed by atoms with van der Waals surface area (Å²) in [6, 6.07) is 0. The number of nitrogens with one attached hydrogen (secondary N) is 1. The standard InChI is InChI=1S/C9H16N2/c10-6-2-1-4-9-5-3-7-11-8-9/h9,11H,3-8,10H2. The van der Waals surface area contributed by atoms with E-state index in [0.29, 0.717) is 6.54 Å². The van der Waals surface area contributed by atoms with Crippen LogP contribution in [0.15, 0.2) is 0 Å². The highest BCUT2D eigenvalue weighted by Gasteiger charge is 2.10. The summed E-state index contributed by atoms with van der Waals surface area (Å²) in [7, 11) is 0. The van der Waals surface area contributed by atoms with Crippen molar-refractivity contribution in [2.24, 2.45) is 11.7 Å². The average molecular weight is 152 g/mol. The first-order chi connectivity index (χ1) is 5.43. The van der Waals surface area contributed by atoms with E-state index in [9.17, 15) is 0 Å². The second-order valence-corrected chi connectivity index (χ2v) is 2.97. The Morgan fingerprint density at radius 1 is 1.45 bits per heavy atom. The minimum Gasteiger partial charge on any atom is -0.320 e. The van der Waals surface area contributed by atoms with Crippen molar-refractivity contribution in [2.45, 2.75) is 19.3 Å². The fraction of sp³-hybridized carbons (Fsp3) is 0.778. The molecule has 0 aromatic rings. The maximum atomic E-state index is 5.25. The zero-order chi connectivity index (χ0) is 7.94. The molecule has 1 rings (SSSR count). The van der Waals surface area contributed by atoms with E-state index in [-0.39, 0.29) is 0 Å². The van der Waals surface area contributed by atoms with Gasteiger partial charge in [0.25, 0.3) is 0 Å². The number of hydrogen-bond acceptors (Lipinski definition) is 2. The summed E-state index contributed by atoms with van der Waals surface area (Å²) in [6.07, 6.45) is 3.64. The molecule has 1 atom stereocenters. The minimum atomic E-state index is 0.500. The maximum Gasteiger partial charge on any atom is 0.0551 e. The van der Waals surface area contributed by atoms with Crippen molar-refractivity contribution >= 4 is 0 Å². The molecule has 0 radical (unpaired) electrons. The summed E-state index contributed by atoms with van der Waals surface area (Å²) in [5.74, 6) is 6.75. The Bertz CT molecular complexity index is 149. The molecule has 1 heterocycles. The molecule has 1 unspecified atom stereocenters. The Morgan fingerprint density at radius 3 is 3.00 bits per heavy atom. The zero-order valence-electron chi connectivity index (χ0n) is 6.90. The predicted molar refractivity (Wildman–Crippen MR) is 47.0 cm³/mol. The zero-order valence-corrected chi connectivity index (χ0v) is 6.90. The molecule has 0 spiro atoms. The first kappa shape index (κ1) is 8.58. The highest BCUT2D eigenvalue weighted by molar-refractivity contribution is 5.01. The van der Waals surface area contributed by atoms with Crippen LogP contribution in [0.5, 0.6) is 0 Å². The van der Waals surface area contributed by atoms with Crippen LogP contribution in [0.1, 0.15) is 19.3 Å². The van der Waals surface area contributed by atoms with Crippen LogP contribution < -0.4 is 11.1 Å². The molecular formula is C9H16N2. The number of rotatable bonds is 1. The summed E-state index contributed by atoms with van der Waals surface area (Å²) in [5.41, 5.74) is 5.25. The van der Waals surface area contributed by atoms with E-state index in [0.717, 1.165) is 18.9 Å². The van der Waals surface area contributed by atoms with Gasteiger partial charge in [0.2, 0.25) is 0 Å². The molecule has 0 aliphatic carbocycles. The van der Waals surface area contributed by atoms with Gasteiger partial charge in [0, 0.05) is 6.42 Å². The molecule has 2 heteroatoms. The van der Waals surface area contributed by atoms with Gasteiger partial charge in [-0.3, -0.25) is 0 Å². The summed E-state index contributed by atoms with van der Waals surface area (Å²) in [4.78, 5) is 0. The minimum absolute atomic E-state index is 0.500. The first-order valence-electron chi connectivity index (χ1n) is 4.30. The lowest BCUT2D eigenvalue weighted by molar-refractivity contribution is 0.384. The van der Waals surface area contributed by atoms with E-state index < -0.39 is 0 Å². The highest BCUT2D eigenvalue weighted by Crippen LogP contribution is 2.12. The molecule has 0 aromatic carbocycles. The Balaban J connectivity index is 2.14. The van der Waals surface area contributed by atoms with Gasteiger partial charge in [-0.2, -0.15) is 0 Å². The monoisotopic (exact) mass is 152 g/mol. The smallest absolute Gasteiger partial charge is 0.0551 e. The van der Waals surface area contributed by atoms with Crippen molar-refractivity contribution in [1.82, 2.24) is 5.32 Å². The molecule has 0 aromatic heterocycles. The molecule has 3 N–H and O–H groups in total. The van der Waals surface area contributed by atoms with E-state index in [2.05, 4.69) is 17.2 Å². The topological polar surface area (TPSA) is 38.0 Å². The van der Waals surface area contributed by atoms with Crippen LogP contribution in [0.2, 0.25) is 0 Å². The Labute approximate surface area is 68.5 Å². The molecule has 1 fully saturated rings. The van der Waals surface area contributed by atoms with E-state index in [1.54, 1.807) is 0 Å². The van der Waals surface area contributed by atoms with Gasteiger partial charge in [-0.1, -0.05) is 5.92 Å². The molecule has 62 valence electrons. The molecule has 0 bridgehead atoms. The van der Waals surface area contributed by atoms with Crippen LogP contribution in [0.4, 0.5) is 0 Å². The van der Waals surface area contributed by atoms with E-state index in [4.69, 9.17) is 5.73 Å². The van der Waals surface area contributed by atoms with E-state index in [1.165, 1.54) is 19.4 Å². The third-order valence-electron chi connectivity index (χ3n) is 2.02. The summed E-state index contributed by atoms with van der Waals surface area (Å²) in [5, 5.41) is 3.36. The van der Waals surface area contributed by atoms with Crippen molar-refractivity contribution < 1.29 is 0 Å². The average Bonchev–Trinajstić information content (AvgIpc) is 2.07. The van der Waals surface area contributed by atoms with E-state index in [1.807, 2.05) is 0 Å². The van der Waals surface area contributed by atoms with Gasteiger partial charge < -0.3 is 11.1 Å². The predicted octanol–water partition coefficient (Wildman–Crippen LogP) is 0.338. The van der Waals surface area contributed by atoms with Crippen molar-refractivity contribution in [3.8, 4) is 11.8 Å². The highest BCUT2D eigenvalue weighted by atomic mass is 14.9. The largest absolute Gasteiger partial charge is 0.320 e. The van der Waals surface area contributed by atoms with E-state index >= 15 is 0 Å². The van der Waals surface area contributed by atoms with Crippen LogP contribution in [0.3, 0.4) is 0 Å². The lowest BCUT2D eigenvalue weighted by Crippen LogP contribution is -2.29. The van der Waals surface area contributed by atoms with Crippen molar-refractivity contribution in [1.29, 1.82) is 0 Å². The third-order valence-corrected chi connectivity index (χ3v) is 2.02. The second kappa shape index (κ2) is 5.17. The summed E-state index contributed by atoms with van der Waals surface area (Å²) in [6.45, 7) is 2.82. The molecule has 11 heavy (non-hydrogen) atoms. The van der Waals surface area contributed by atoms with Crippen LogP contribution in [0, 0.1) is 17.8 Å². The molecule has 1 saturated heterocycles. The maximum absolute atomic E-state index is 5.25. The fourth-order valence-electron chi connectivity index (χ4n) is 1.39. The number of piperidine rings is 1. The molecule has 1 aliphatic rings. The fourth-order valence-corrected chi connectivity index (χ4v) is 1.39. The molecule has 2 nitrogen and oxygen atoms in total. The lowest BCUT2D eigenvalue weighted by Gasteiger charge is -2.20. The molecular weight excluding hydrogens is 136 g/mol. The molecule has 0 amide bonds. The van der Waals surface area contributed by atoms with Gasteiger partial charge in [0.1, 0.15) is 0 Å². The van der Waals surface area contributed by atoms with Crippen molar-refractivity contribution in [3.63, 3.8) is 0 Å². The van der Waals surface area contributed by atoms with Crippen LogP contribution in [0.25, 0.3) is 0 Å². The third kappa shape index (κ3) is 3.41. The van der Waals surface area contributed by atoms with Gasteiger partial charge >= 0.3 is 0 Å². The van der Waals surface area contributed by atoms with Crippen LogP contribution in [-0.2, 0) is 0 Å². The van der Waals surface area contributed by atoms with Gasteiger partial charge in [0.05, 0.1) is 6.54 Å². The SMILES string of the molecule is NCC#CCC1CCCNC1. The quantitative estimate of drug-likeness (QED) is 0.532. The first-order valence-corrected chi connectivity index (χ1v) is 4.30. The lowest BCUT2D eigenvalue weighted by atomic mass is 9.97. The van der Waals surface area contributed by atoms with Crippen molar-refractivity contribution in [3.05, 3.63) is 0 Å². The summed E-state index contributed by atoms with van der Waals surface area (Å²) >= 11 is 0. The normalized spacial score (nSPS) is 23.9. The van der Waals surface area contributed by atoms with Crippen LogP contribution in [-0.4, -0.2) is 19.6 Å². The second-order valence-electron chi connectivity index (χ2n) is 2.97. The Morgan fingerprint density at radius 2 is 2.36 bits per heavy atom. The van der Waals surface area contributed by atoms with Crippen LogP contribution >= 0.6 is 0 Å². The Hall–Kier alpha value is -0.520. The Kier molecular flexibility index (Phi) is 4.03. The number of hydrogen-bond donors (Lipinski definition) is 2.